The fourth-order valence-corrected chi connectivity index (χ4v) is 1.69. The fraction of sp³-hybridized carbons (Fsp3) is 0.333. The molecular weight excluding hydrogens is 186 g/mol. The molecule has 0 saturated heterocycles. The van der Waals surface area contributed by atoms with Gasteiger partial charge in [-0.15, -0.1) is 10.2 Å². The second kappa shape index (κ2) is 3.85. The Hall–Kier alpha value is -1.64. The first-order valence-corrected chi connectivity index (χ1v) is 5.18. The summed E-state index contributed by atoms with van der Waals surface area (Å²) < 4.78 is 2.02. The number of rotatable bonds is 2. The molecule has 78 valence electrons. The lowest BCUT2D eigenvalue weighted by Gasteiger charge is -2.06. The molecule has 1 aromatic heterocycles. The SMILES string of the molecule is CCc1ccccc1-c1nnc(C)n1C. The summed E-state index contributed by atoms with van der Waals surface area (Å²) in [6.45, 7) is 4.12. The van der Waals surface area contributed by atoms with E-state index < -0.39 is 0 Å². The van der Waals surface area contributed by atoms with Crippen molar-refractivity contribution in [1.82, 2.24) is 14.8 Å². The van der Waals surface area contributed by atoms with Crippen molar-refractivity contribution < 1.29 is 0 Å². The molecule has 3 nitrogen and oxygen atoms in total. The zero-order chi connectivity index (χ0) is 10.8. The summed E-state index contributed by atoms with van der Waals surface area (Å²) in [6.07, 6.45) is 1.02. The predicted octanol–water partition coefficient (Wildman–Crippen LogP) is 2.35. The molecule has 2 rings (SSSR count). The molecule has 0 radical (unpaired) electrons. The first-order chi connectivity index (χ1) is 7.24. The zero-order valence-corrected chi connectivity index (χ0v) is 9.36. The van der Waals surface area contributed by atoms with Crippen molar-refractivity contribution >= 4 is 0 Å². The normalized spacial score (nSPS) is 10.6. The number of aromatic nitrogens is 3. The second-order valence-electron chi connectivity index (χ2n) is 3.64. The highest BCUT2D eigenvalue weighted by Gasteiger charge is 2.10. The maximum absolute atomic E-state index is 4.21. The van der Waals surface area contributed by atoms with E-state index >= 15 is 0 Å². The van der Waals surface area contributed by atoms with Crippen LogP contribution in [0.15, 0.2) is 24.3 Å². The molecule has 1 heterocycles. The highest BCUT2D eigenvalue weighted by atomic mass is 15.3. The van der Waals surface area contributed by atoms with Gasteiger partial charge in [0.15, 0.2) is 5.82 Å². The van der Waals surface area contributed by atoms with Crippen molar-refractivity contribution in [3.63, 3.8) is 0 Å². The Kier molecular flexibility index (Phi) is 2.54. The summed E-state index contributed by atoms with van der Waals surface area (Å²) in [5, 5.41) is 8.29. The molecule has 15 heavy (non-hydrogen) atoms. The summed E-state index contributed by atoms with van der Waals surface area (Å²) in [6, 6.07) is 8.34. The number of aryl methyl sites for hydroxylation is 2. The lowest BCUT2D eigenvalue weighted by Crippen LogP contribution is -1.97. The molecule has 0 fully saturated rings. The van der Waals surface area contributed by atoms with Crippen molar-refractivity contribution in [3.8, 4) is 11.4 Å². The van der Waals surface area contributed by atoms with Crippen molar-refractivity contribution in [2.24, 2.45) is 7.05 Å². The van der Waals surface area contributed by atoms with E-state index in [4.69, 9.17) is 0 Å². The predicted molar refractivity (Wildman–Crippen MR) is 60.6 cm³/mol. The summed E-state index contributed by atoms with van der Waals surface area (Å²) >= 11 is 0. The Balaban J connectivity index is 2.58. The van der Waals surface area contributed by atoms with Crippen LogP contribution in [0, 0.1) is 6.92 Å². The van der Waals surface area contributed by atoms with Gasteiger partial charge in [-0.1, -0.05) is 31.2 Å². The lowest BCUT2D eigenvalue weighted by atomic mass is 10.0. The molecule has 0 spiro atoms. The molecule has 0 atom stereocenters. The molecule has 0 amide bonds. The third-order valence-corrected chi connectivity index (χ3v) is 2.73. The molecule has 0 aliphatic rings. The van der Waals surface area contributed by atoms with Crippen molar-refractivity contribution in [2.45, 2.75) is 20.3 Å². The van der Waals surface area contributed by atoms with Gasteiger partial charge >= 0.3 is 0 Å². The van der Waals surface area contributed by atoms with E-state index in [2.05, 4.69) is 35.3 Å². The molecule has 0 N–H and O–H groups in total. The molecular formula is C12H15N3. The summed E-state index contributed by atoms with van der Waals surface area (Å²) in [5.74, 6) is 1.89. The molecule has 0 unspecified atom stereocenters. The van der Waals surface area contributed by atoms with E-state index in [1.807, 2.05) is 24.6 Å². The van der Waals surface area contributed by atoms with Gasteiger partial charge in [0.1, 0.15) is 5.82 Å². The summed E-state index contributed by atoms with van der Waals surface area (Å²) in [4.78, 5) is 0. The van der Waals surface area contributed by atoms with Crippen LogP contribution in [0.4, 0.5) is 0 Å². The minimum absolute atomic E-state index is 0.941. The van der Waals surface area contributed by atoms with E-state index in [9.17, 15) is 0 Å². The van der Waals surface area contributed by atoms with Crippen LogP contribution >= 0.6 is 0 Å². The highest BCUT2D eigenvalue weighted by Crippen LogP contribution is 2.21. The maximum atomic E-state index is 4.21. The molecule has 0 aliphatic carbocycles. The zero-order valence-electron chi connectivity index (χ0n) is 9.36. The summed E-state index contributed by atoms with van der Waals surface area (Å²) in [5.41, 5.74) is 2.50. The number of hydrogen-bond donors (Lipinski definition) is 0. The standard InChI is InChI=1S/C12H15N3/c1-4-10-7-5-6-8-11(10)12-14-13-9(2)15(12)3/h5-8H,4H2,1-3H3. The average Bonchev–Trinajstić information content (AvgIpc) is 2.60. The molecule has 2 aromatic rings. The first-order valence-electron chi connectivity index (χ1n) is 5.18. The summed E-state index contributed by atoms with van der Waals surface area (Å²) in [7, 11) is 2.00. The number of benzene rings is 1. The third kappa shape index (κ3) is 1.65. The van der Waals surface area contributed by atoms with E-state index in [1.54, 1.807) is 0 Å². The Morgan fingerprint density at radius 1 is 1.20 bits per heavy atom. The van der Waals surface area contributed by atoms with E-state index in [-0.39, 0.29) is 0 Å². The van der Waals surface area contributed by atoms with Crippen LogP contribution < -0.4 is 0 Å². The van der Waals surface area contributed by atoms with E-state index in [0.717, 1.165) is 18.1 Å². The van der Waals surface area contributed by atoms with Crippen LogP contribution in [0.5, 0.6) is 0 Å². The average molecular weight is 201 g/mol. The van der Waals surface area contributed by atoms with E-state index in [1.165, 1.54) is 11.1 Å². The molecule has 1 aromatic carbocycles. The fourth-order valence-electron chi connectivity index (χ4n) is 1.69. The minimum Gasteiger partial charge on any atom is -0.314 e. The Morgan fingerprint density at radius 2 is 1.93 bits per heavy atom. The van der Waals surface area contributed by atoms with Gasteiger partial charge < -0.3 is 4.57 Å². The van der Waals surface area contributed by atoms with Gasteiger partial charge in [0.2, 0.25) is 0 Å². The Morgan fingerprint density at radius 3 is 2.53 bits per heavy atom. The quantitative estimate of drug-likeness (QED) is 0.746. The van der Waals surface area contributed by atoms with Crippen molar-refractivity contribution in [2.75, 3.05) is 0 Å². The van der Waals surface area contributed by atoms with Crippen LogP contribution in [0.1, 0.15) is 18.3 Å². The molecule has 0 bridgehead atoms. The van der Waals surface area contributed by atoms with Crippen LogP contribution in [-0.4, -0.2) is 14.8 Å². The van der Waals surface area contributed by atoms with Crippen LogP contribution in [-0.2, 0) is 13.5 Å². The Labute approximate surface area is 89.8 Å². The second-order valence-corrected chi connectivity index (χ2v) is 3.64. The van der Waals surface area contributed by atoms with E-state index in [0.29, 0.717) is 0 Å². The lowest BCUT2D eigenvalue weighted by molar-refractivity contribution is 0.863. The molecule has 0 saturated carbocycles. The smallest absolute Gasteiger partial charge is 0.163 e. The molecule has 0 aliphatic heterocycles. The van der Waals surface area contributed by atoms with Gasteiger partial charge in [0, 0.05) is 12.6 Å². The van der Waals surface area contributed by atoms with Gasteiger partial charge in [0.05, 0.1) is 0 Å². The molecule has 3 heteroatoms. The van der Waals surface area contributed by atoms with Gasteiger partial charge in [-0.05, 0) is 18.9 Å². The van der Waals surface area contributed by atoms with Crippen LogP contribution in [0.3, 0.4) is 0 Å². The van der Waals surface area contributed by atoms with Gasteiger partial charge in [-0.25, -0.2) is 0 Å². The number of nitrogens with zero attached hydrogens (tertiary/aromatic N) is 3. The van der Waals surface area contributed by atoms with Gasteiger partial charge in [-0.3, -0.25) is 0 Å². The largest absolute Gasteiger partial charge is 0.314 e. The third-order valence-electron chi connectivity index (χ3n) is 2.73. The monoisotopic (exact) mass is 201 g/mol. The minimum atomic E-state index is 0.941. The van der Waals surface area contributed by atoms with Crippen LogP contribution in [0.25, 0.3) is 11.4 Å². The topological polar surface area (TPSA) is 30.7 Å². The van der Waals surface area contributed by atoms with Crippen molar-refractivity contribution in [3.05, 3.63) is 35.7 Å². The van der Waals surface area contributed by atoms with Crippen LogP contribution in [0.2, 0.25) is 0 Å². The number of hydrogen-bond acceptors (Lipinski definition) is 2. The first kappa shape index (κ1) is 9.90. The van der Waals surface area contributed by atoms with Gasteiger partial charge in [0.25, 0.3) is 0 Å². The maximum Gasteiger partial charge on any atom is 0.163 e. The van der Waals surface area contributed by atoms with Gasteiger partial charge in [-0.2, -0.15) is 0 Å². The Bertz CT molecular complexity index is 471. The highest BCUT2D eigenvalue weighted by molar-refractivity contribution is 5.60. The van der Waals surface area contributed by atoms with Crippen molar-refractivity contribution in [1.29, 1.82) is 0 Å².